The number of unbranched alkanes of at least 4 members (excludes halogenated alkanes) is 1. The first kappa shape index (κ1) is 20.2. The third-order valence-corrected chi connectivity index (χ3v) is 3.81. The number of rotatable bonds is 9. The van der Waals surface area contributed by atoms with E-state index in [4.69, 9.17) is 4.74 Å². The molecule has 0 aliphatic carbocycles. The second-order valence-corrected chi connectivity index (χ2v) is 5.99. The van der Waals surface area contributed by atoms with E-state index in [0.29, 0.717) is 23.4 Å². The second-order valence-electron chi connectivity index (χ2n) is 5.99. The van der Waals surface area contributed by atoms with E-state index in [1.54, 1.807) is 48.5 Å². The lowest BCUT2D eigenvalue weighted by Gasteiger charge is -2.08. The molecule has 0 bridgehead atoms. The van der Waals surface area contributed by atoms with Crippen LogP contribution in [0.5, 0.6) is 0 Å². The second kappa shape index (κ2) is 10.8. The summed E-state index contributed by atoms with van der Waals surface area (Å²) >= 11 is 0. The van der Waals surface area contributed by atoms with Gasteiger partial charge in [-0.1, -0.05) is 31.5 Å². The molecule has 2 amide bonds. The topological polar surface area (TPSA) is 84.5 Å². The van der Waals surface area contributed by atoms with Crippen LogP contribution in [-0.2, 0) is 9.53 Å². The average molecular weight is 368 g/mol. The van der Waals surface area contributed by atoms with E-state index in [9.17, 15) is 14.4 Å². The van der Waals surface area contributed by atoms with E-state index in [2.05, 4.69) is 10.6 Å². The fourth-order valence-electron chi connectivity index (χ4n) is 2.29. The van der Waals surface area contributed by atoms with Crippen molar-refractivity contribution in [2.24, 2.45) is 0 Å². The summed E-state index contributed by atoms with van der Waals surface area (Å²) in [7, 11) is 0. The summed E-state index contributed by atoms with van der Waals surface area (Å²) in [6, 6.07) is 15.3. The van der Waals surface area contributed by atoms with Crippen molar-refractivity contribution in [3.05, 3.63) is 65.7 Å². The molecule has 0 atom stereocenters. The molecular weight excluding hydrogens is 344 g/mol. The highest BCUT2D eigenvalue weighted by molar-refractivity contribution is 5.95. The number of benzene rings is 2. The SMILES string of the molecule is CCCCOC(=O)c1ccc(NC(=O)CCNC(=O)c2ccccc2)cc1. The monoisotopic (exact) mass is 368 g/mol. The highest BCUT2D eigenvalue weighted by Crippen LogP contribution is 2.11. The smallest absolute Gasteiger partial charge is 0.338 e. The van der Waals surface area contributed by atoms with Crippen molar-refractivity contribution in [1.82, 2.24) is 5.32 Å². The van der Waals surface area contributed by atoms with Crippen molar-refractivity contribution in [1.29, 1.82) is 0 Å². The molecule has 0 saturated carbocycles. The Morgan fingerprint density at radius 3 is 2.30 bits per heavy atom. The van der Waals surface area contributed by atoms with Crippen LogP contribution in [0.3, 0.4) is 0 Å². The number of carbonyl (C=O) groups excluding carboxylic acids is 3. The quantitative estimate of drug-likeness (QED) is 0.525. The van der Waals surface area contributed by atoms with Crippen LogP contribution >= 0.6 is 0 Å². The Morgan fingerprint density at radius 2 is 1.63 bits per heavy atom. The lowest BCUT2D eigenvalue weighted by Crippen LogP contribution is -2.27. The summed E-state index contributed by atoms with van der Waals surface area (Å²) in [6.45, 7) is 2.67. The van der Waals surface area contributed by atoms with Gasteiger partial charge >= 0.3 is 5.97 Å². The van der Waals surface area contributed by atoms with Gasteiger partial charge in [0.2, 0.25) is 5.91 Å². The van der Waals surface area contributed by atoms with Crippen LogP contribution in [0.25, 0.3) is 0 Å². The maximum absolute atomic E-state index is 12.0. The number of esters is 1. The van der Waals surface area contributed by atoms with Gasteiger partial charge in [0.15, 0.2) is 0 Å². The van der Waals surface area contributed by atoms with Crippen molar-refractivity contribution >= 4 is 23.5 Å². The molecule has 0 fully saturated rings. The Morgan fingerprint density at radius 1 is 0.926 bits per heavy atom. The van der Waals surface area contributed by atoms with E-state index in [-0.39, 0.29) is 30.7 Å². The zero-order valence-corrected chi connectivity index (χ0v) is 15.4. The van der Waals surface area contributed by atoms with E-state index in [1.165, 1.54) is 0 Å². The summed E-state index contributed by atoms with van der Waals surface area (Å²) < 4.78 is 5.13. The summed E-state index contributed by atoms with van der Waals surface area (Å²) in [5.41, 5.74) is 1.58. The van der Waals surface area contributed by atoms with E-state index in [1.807, 2.05) is 13.0 Å². The zero-order chi connectivity index (χ0) is 19.5. The highest BCUT2D eigenvalue weighted by Gasteiger charge is 2.09. The van der Waals surface area contributed by atoms with Crippen molar-refractivity contribution < 1.29 is 19.1 Å². The predicted molar refractivity (Wildman–Crippen MR) is 104 cm³/mol. The minimum absolute atomic E-state index is 0.152. The molecule has 0 spiro atoms. The van der Waals surface area contributed by atoms with E-state index >= 15 is 0 Å². The van der Waals surface area contributed by atoms with Crippen LogP contribution in [0.15, 0.2) is 54.6 Å². The third kappa shape index (κ3) is 6.93. The molecule has 0 aliphatic heterocycles. The summed E-state index contributed by atoms with van der Waals surface area (Å²) in [4.78, 5) is 35.7. The molecule has 0 heterocycles. The van der Waals surface area contributed by atoms with Crippen LogP contribution in [0, 0.1) is 0 Å². The van der Waals surface area contributed by atoms with Gasteiger partial charge in [-0.3, -0.25) is 9.59 Å². The van der Waals surface area contributed by atoms with E-state index in [0.717, 1.165) is 12.8 Å². The Bertz CT molecular complexity index is 758. The molecule has 2 aromatic rings. The number of carbonyl (C=O) groups is 3. The van der Waals surface area contributed by atoms with Gasteiger partial charge < -0.3 is 15.4 Å². The summed E-state index contributed by atoms with van der Waals surface area (Å²) in [5.74, 6) is -0.805. The van der Waals surface area contributed by atoms with Crippen LogP contribution in [0.1, 0.15) is 46.9 Å². The first-order valence-corrected chi connectivity index (χ1v) is 9.00. The standard InChI is InChI=1S/C21H24N2O4/c1-2-3-15-27-21(26)17-9-11-18(12-10-17)23-19(24)13-14-22-20(25)16-7-5-4-6-8-16/h4-12H,2-3,13-15H2,1H3,(H,22,25)(H,23,24). The van der Waals surface area contributed by atoms with Gasteiger partial charge in [-0.25, -0.2) is 4.79 Å². The first-order valence-electron chi connectivity index (χ1n) is 9.00. The van der Waals surface area contributed by atoms with Gasteiger partial charge in [0.05, 0.1) is 12.2 Å². The molecule has 142 valence electrons. The average Bonchev–Trinajstić information content (AvgIpc) is 2.69. The first-order chi connectivity index (χ1) is 13.1. The minimum atomic E-state index is -0.370. The van der Waals surface area contributed by atoms with Crippen molar-refractivity contribution in [3.8, 4) is 0 Å². The van der Waals surface area contributed by atoms with Gasteiger partial charge in [-0.05, 0) is 42.8 Å². The number of hydrogen-bond acceptors (Lipinski definition) is 4. The number of nitrogens with one attached hydrogen (secondary N) is 2. The highest BCUT2D eigenvalue weighted by atomic mass is 16.5. The molecule has 6 heteroatoms. The van der Waals surface area contributed by atoms with Crippen LogP contribution in [0.4, 0.5) is 5.69 Å². The lowest BCUT2D eigenvalue weighted by atomic mass is 10.2. The number of ether oxygens (including phenoxy) is 1. The normalized spacial score (nSPS) is 10.1. The molecule has 0 aromatic heterocycles. The maximum atomic E-state index is 12.0. The fourth-order valence-corrected chi connectivity index (χ4v) is 2.29. The number of anilines is 1. The zero-order valence-electron chi connectivity index (χ0n) is 15.4. The van der Waals surface area contributed by atoms with Gasteiger partial charge in [0, 0.05) is 24.2 Å². The molecular formula is C21H24N2O4. The largest absolute Gasteiger partial charge is 0.462 e. The molecule has 27 heavy (non-hydrogen) atoms. The van der Waals surface area contributed by atoms with Gasteiger partial charge in [-0.15, -0.1) is 0 Å². The van der Waals surface area contributed by atoms with Crippen molar-refractivity contribution in [3.63, 3.8) is 0 Å². The number of hydrogen-bond donors (Lipinski definition) is 2. The summed E-state index contributed by atoms with van der Waals surface area (Å²) in [5, 5.41) is 5.43. The predicted octanol–water partition coefficient (Wildman–Crippen LogP) is 3.40. The molecule has 0 unspecified atom stereocenters. The molecule has 2 N–H and O–H groups in total. The molecule has 2 aromatic carbocycles. The van der Waals surface area contributed by atoms with Crippen LogP contribution < -0.4 is 10.6 Å². The van der Waals surface area contributed by atoms with Crippen molar-refractivity contribution in [2.45, 2.75) is 26.2 Å². The van der Waals surface area contributed by atoms with Gasteiger partial charge in [0.1, 0.15) is 0 Å². The fraction of sp³-hybridized carbons (Fsp3) is 0.286. The van der Waals surface area contributed by atoms with Gasteiger partial charge in [0.25, 0.3) is 5.91 Å². The van der Waals surface area contributed by atoms with Gasteiger partial charge in [-0.2, -0.15) is 0 Å². The summed E-state index contributed by atoms with van der Waals surface area (Å²) in [6.07, 6.45) is 1.95. The van der Waals surface area contributed by atoms with E-state index < -0.39 is 0 Å². The Kier molecular flexibility index (Phi) is 8.03. The Hall–Kier alpha value is -3.15. The van der Waals surface area contributed by atoms with Crippen LogP contribution in [-0.4, -0.2) is 30.9 Å². The number of amides is 2. The lowest BCUT2D eigenvalue weighted by molar-refractivity contribution is -0.116. The molecule has 0 aliphatic rings. The maximum Gasteiger partial charge on any atom is 0.338 e. The minimum Gasteiger partial charge on any atom is -0.462 e. The van der Waals surface area contributed by atoms with Crippen LogP contribution in [0.2, 0.25) is 0 Å². The Balaban J connectivity index is 1.74. The molecule has 6 nitrogen and oxygen atoms in total. The molecule has 0 saturated heterocycles. The third-order valence-electron chi connectivity index (χ3n) is 3.81. The van der Waals surface area contributed by atoms with Crippen molar-refractivity contribution in [2.75, 3.05) is 18.5 Å². The molecule has 0 radical (unpaired) electrons. The Labute approximate surface area is 158 Å². The molecule has 2 rings (SSSR count).